The number of hydrogen-bond acceptors (Lipinski definition) is 5. The molecule has 1 aromatic carbocycles. The van der Waals surface area contributed by atoms with Gasteiger partial charge in [0.25, 0.3) is 5.92 Å². The zero-order chi connectivity index (χ0) is 17.0. The van der Waals surface area contributed by atoms with Gasteiger partial charge in [0.15, 0.2) is 5.58 Å². The molecule has 0 amide bonds. The van der Waals surface area contributed by atoms with Crippen molar-refractivity contribution in [2.75, 3.05) is 0 Å². The largest absolute Gasteiger partial charge is 0.435 e. The van der Waals surface area contributed by atoms with E-state index in [9.17, 15) is 8.78 Å². The van der Waals surface area contributed by atoms with Crippen molar-refractivity contribution >= 4 is 34.0 Å². The Hall–Kier alpha value is -1.93. The van der Waals surface area contributed by atoms with Crippen LogP contribution in [0.3, 0.4) is 0 Å². The second kappa shape index (κ2) is 7.10. The number of nitrogens with zero attached hydrogens (tertiary/aromatic N) is 1. The van der Waals surface area contributed by atoms with Gasteiger partial charge in [-0.05, 0) is 41.6 Å². The fraction of sp³-hybridized carbons (Fsp3) is 0.267. The van der Waals surface area contributed by atoms with Crippen molar-refractivity contribution in [3.8, 4) is 10.8 Å². The first-order valence-electron chi connectivity index (χ1n) is 6.68. The molecule has 23 heavy (non-hydrogen) atoms. The summed E-state index contributed by atoms with van der Waals surface area (Å²) >= 11 is 0.798. The van der Waals surface area contributed by atoms with Gasteiger partial charge in [-0.15, -0.1) is 11.3 Å². The predicted molar refractivity (Wildman–Crippen MR) is 85.2 cm³/mol. The fourth-order valence-corrected chi connectivity index (χ4v) is 3.02. The molecule has 3 aromatic rings. The second-order valence-corrected chi connectivity index (χ2v) is 5.84. The number of halogens is 2. The van der Waals surface area contributed by atoms with Crippen LogP contribution in [-0.2, 0) is 23.9 Å². The molecule has 3 rings (SSSR count). The zero-order valence-corrected chi connectivity index (χ0v) is 14.0. The molecule has 0 saturated carbocycles. The Bertz CT molecular complexity index is 846. The number of rotatable bonds is 3. The standard InChI is InChI=1S/C15H13F2NOS.O2S/c1-3-9-6-7-20-13(9)14-18-11-8-10(15(2,16)17)4-5-12(11)19-14;1-3-2/h4-8H,3H2,1-2H3;. The number of alkyl halides is 2. The van der Waals surface area contributed by atoms with Gasteiger partial charge in [-0.2, -0.15) is 8.42 Å². The molecule has 4 nitrogen and oxygen atoms in total. The van der Waals surface area contributed by atoms with Crippen LogP contribution in [0.25, 0.3) is 21.9 Å². The Kier molecular flexibility index (Phi) is 5.38. The summed E-state index contributed by atoms with van der Waals surface area (Å²) in [6, 6.07) is 6.35. The predicted octanol–water partition coefficient (Wildman–Crippen LogP) is 4.56. The highest BCUT2D eigenvalue weighted by molar-refractivity contribution is 7.51. The van der Waals surface area contributed by atoms with E-state index in [4.69, 9.17) is 12.8 Å². The van der Waals surface area contributed by atoms with Crippen LogP contribution in [0.2, 0.25) is 0 Å². The Morgan fingerprint density at radius 2 is 2.00 bits per heavy atom. The van der Waals surface area contributed by atoms with Gasteiger partial charge in [0.1, 0.15) is 5.52 Å². The first kappa shape index (κ1) is 17.4. The van der Waals surface area contributed by atoms with Crippen molar-refractivity contribution in [1.29, 1.82) is 0 Å². The van der Waals surface area contributed by atoms with E-state index in [1.165, 1.54) is 12.1 Å². The highest BCUT2D eigenvalue weighted by atomic mass is 32.1. The summed E-state index contributed by atoms with van der Waals surface area (Å²) in [7, 11) is 0. The molecule has 0 N–H and O–H groups in total. The first-order chi connectivity index (χ1) is 10.9. The average Bonchev–Trinajstić information content (AvgIpc) is 3.12. The van der Waals surface area contributed by atoms with Crippen molar-refractivity contribution in [2.45, 2.75) is 26.2 Å². The van der Waals surface area contributed by atoms with E-state index < -0.39 is 17.5 Å². The molecule has 0 spiro atoms. The summed E-state index contributed by atoms with van der Waals surface area (Å²) < 4.78 is 48.9. The Balaban J connectivity index is 0.000000595. The molecule has 8 heteroatoms. The van der Waals surface area contributed by atoms with Gasteiger partial charge in [-0.25, -0.2) is 13.8 Å². The van der Waals surface area contributed by atoms with Crippen molar-refractivity contribution in [2.24, 2.45) is 0 Å². The van der Waals surface area contributed by atoms with Crippen molar-refractivity contribution in [3.63, 3.8) is 0 Å². The Morgan fingerprint density at radius 3 is 2.61 bits per heavy atom. The molecular formula is C15H13F2NO3S2. The number of aryl methyl sites for hydroxylation is 1. The zero-order valence-electron chi connectivity index (χ0n) is 12.3. The molecule has 0 fully saturated rings. The average molecular weight is 357 g/mol. The summed E-state index contributed by atoms with van der Waals surface area (Å²) in [4.78, 5) is 5.31. The molecule has 0 aliphatic rings. The van der Waals surface area contributed by atoms with E-state index in [-0.39, 0.29) is 5.56 Å². The molecular weight excluding hydrogens is 344 g/mol. The van der Waals surface area contributed by atoms with Crippen LogP contribution in [0.4, 0.5) is 8.78 Å². The van der Waals surface area contributed by atoms with Crippen LogP contribution in [0, 0.1) is 0 Å². The van der Waals surface area contributed by atoms with E-state index >= 15 is 0 Å². The minimum atomic E-state index is -2.87. The molecule has 0 aliphatic heterocycles. The van der Waals surface area contributed by atoms with Gasteiger partial charge >= 0.3 is 11.6 Å². The van der Waals surface area contributed by atoms with E-state index in [1.54, 1.807) is 17.4 Å². The number of oxazole rings is 1. The van der Waals surface area contributed by atoms with Gasteiger partial charge in [-0.1, -0.05) is 6.92 Å². The van der Waals surface area contributed by atoms with Gasteiger partial charge < -0.3 is 4.42 Å². The quantitative estimate of drug-likeness (QED) is 0.689. The first-order valence-corrected chi connectivity index (χ1v) is 8.22. The van der Waals surface area contributed by atoms with Crippen LogP contribution >= 0.6 is 11.3 Å². The van der Waals surface area contributed by atoms with Gasteiger partial charge in [0, 0.05) is 12.5 Å². The lowest BCUT2D eigenvalue weighted by molar-refractivity contribution is 0.0176. The minimum Gasteiger partial charge on any atom is -0.435 e. The highest BCUT2D eigenvalue weighted by Crippen LogP contribution is 2.34. The van der Waals surface area contributed by atoms with Crippen LogP contribution in [0.1, 0.15) is 25.0 Å². The number of fused-ring (bicyclic) bond motifs is 1. The normalized spacial score (nSPS) is 11.1. The maximum Gasteiger partial charge on any atom is 0.335 e. The molecule has 2 aromatic heterocycles. The lowest BCUT2D eigenvalue weighted by atomic mass is 10.1. The third kappa shape index (κ3) is 3.89. The third-order valence-electron chi connectivity index (χ3n) is 3.22. The SMILES string of the molecule is CCc1ccsc1-c1nc2cc(C(C)(F)F)ccc2o1.O=S=O. The number of hydrogen-bond donors (Lipinski definition) is 0. The fourth-order valence-electron chi connectivity index (χ4n) is 2.10. The van der Waals surface area contributed by atoms with Crippen molar-refractivity contribution in [1.82, 2.24) is 4.98 Å². The van der Waals surface area contributed by atoms with Crippen LogP contribution in [-0.4, -0.2) is 13.4 Å². The van der Waals surface area contributed by atoms with Gasteiger partial charge in [0.05, 0.1) is 4.88 Å². The van der Waals surface area contributed by atoms with Crippen LogP contribution in [0.15, 0.2) is 34.1 Å². The second-order valence-electron chi connectivity index (χ2n) is 4.79. The monoisotopic (exact) mass is 357 g/mol. The molecule has 0 radical (unpaired) electrons. The Morgan fingerprint density at radius 1 is 1.30 bits per heavy atom. The number of thiophene rings is 1. The third-order valence-corrected chi connectivity index (χ3v) is 4.16. The van der Waals surface area contributed by atoms with E-state index in [1.807, 2.05) is 11.4 Å². The van der Waals surface area contributed by atoms with Crippen LogP contribution < -0.4 is 0 Å². The molecule has 0 unspecified atom stereocenters. The summed E-state index contributed by atoms with van der Waals surface area (Å²) in [5.41, 5.74) is 2.10. The molecule has 0 bridgehead atoms. The maximum atomic E-state index is 13.3. The molecule has 2 heterocycles. The maximum absolute atomic E-state index is 13.3. The van der Waals surface area contributed by atoms with Crippen molar-refractivity contribution in [3.05, 3.63) is 40.8 Å². The molecule has 0 atom stereocenters. The summed E-state index contributed by atoms with van der Waals surface area (Å²) in [6.07, 6.45) is 0.885. The smallest absolute Gasteiger partial charge is 0.335 e. The van der Waals surface area contributed by atoms with E-state index in [0.29, 0.717) is 17.0 Å². The highest BCUT2D eigenvalue weighted by Gasteiger charge is 2.25. The summed E-state index contributed by atoms with van der Waals surface area (Å²) in [5.74, 6) is -2.37. The lowest BCUT2D eigenvalue weighted by Gasteiger charge is -2.09. The molecule has 0 saturated heterocycles. The lowest BCUT2D eigenvalue weighted by Crippen LogP contribution is -2.06. The van der Waals surface area contributed by atoms with Crippen molar-refractivity contribution < 1.29 is 21.6 Å². The van der Waals surface area contributed by atoms with E-state index in [0.717, 1.165) is 23.8 Å². The van der Waals surface area contributed by atoms with Gasteiger partial charge in [-0.3, -0.25) is 0 Å². The number of aromatic nitrogens is 1. The van der Waals surface area contributed by atoms with Gasteiger partial charge in [0.2, 0.25) is 5.89 Å². The summed E-state index contributed by atoms with van der Waals surface area (Å²) in [6.45, 7) is 2.94. The topological polar surface area (TPSA) is 60.2 Å². The summed E-state index contributed by atoms with van der Waals surface area (Å²) in [5, 5.41) is 1.98. The number of benzene rings is 1. The Labute approximate surface area is 138 Å². The minimum absolute atomic E-state index is 0.0493. The van der Waals surface area contributed by atoms with E-state index in [2.05, 4.69) is 11.9 Å². The van der Waals surface area contributed by atoms with Crippen LogP contribution in [0.5, 0.6) is 0 Å². The molecule has 0 aliphatic carbocycles. The molecule has 122 valence electrons.